The molecule has 0 unspecified atom stereocenters. The number of aliphatic carboxylic acids is 1. The van der Waals surface area contributed by atoms with E-state index >= 15 is 0 Å². The number of benzene rings is 3. The summed E-state index contributed by atoms with van der Waals surface area (Å²) >= 11 is 0. The lowest BCUT2D eigenvalue weighted by molar-refractivity contribution is -0.137. The molecule has 0 aliphatic carbocycles. The summed E-state index contributed by atoms with van der Waals surface area (Å²) < 4.78 is 1.16. The second kappa shape index (κ2) is 8.57. The molecule has 0 aliphatic rings. The van der Waals surface area contributed by atoms with Gasteiger partial charge in [-0.05, 0) is 35.2 Å². The molecule has 30 heavy (non-hydrogen) atoms. The minimum atomic E-state index is -0.982. The number of carbonyl (C=O) groups is 2. The van der Waals surface area contributed by atoms with Gasteiger partial charge in [-0.15, -0.1) is 5.10 Å². The first-order chi connectivity index (χ1) is 14.6. The molecule has 150 valence electrons. The molecule has 0 saturated carbocycles. The Morgan fingerprint density at radius 3 is 2.30 bits per heavy atom. The topological polar surface area (TPSA) is 97.1 Å². The molecule has 1 heterocycles. The number of nitrogens with zero attached hydrogens (tertiary/aromatic N) is 3. The second-order valence-corrected chi connectivity index (χ2v) is 7.00. The SMILES string of the molecule is O=C(O)C[C@@H](Cc1ccc(-c2ccccc2)cc1)NC(=O)n1nnc2ccccc21. The first-order valence-corrected chi connectivity index (χ1v) is 9.57. The van der Waals surface area contributed by atoms with Crippen molar-refractivity contribution in [2.45, 2.75) is 18.9 Å². The number of nitrogens with one attached hydrogen (secondary N) is 1. The molecule has 1 aromatic heterocycles. The normalized spacial score (nSPS) is 11.9. The van der Waals surface area contributed by atoms with Gasteiger partial charge in [-0.3, -0.25) is 4.79 Å². The van der Waals surface area contributed by atoms with E-state index < -0.39 is 18.0 Å². The van der Waals surface area contributed by atoms with Gasteiger partial charge in [0.1, 0.15) is 5.52 Å². The molecule has 3 aromatic carbocycles. The van der Waals surface area contributed by atoms with Crippen molar-refractivity contribution < 1.29 is 14.7 Å². The summed E-state index contributed by atoms with van der Waals surface area (Å²) in [6.07, 6.45) is 0.193. The van der Waals surface area contributed by atoms with Crippen molar-refractivity contribution in [2.24, 2.45) is 0 Å². The van der Waals surface area contributed by atoms with Gasteiger partial charge in [-0.25, -0.2) is 4.79 Å². The van der Waals surface area contributed by atoms with Crippen LogP contribution >= 0.6 is 0 Å². The van der Waals surface area contributed by atoms with E-state index in [9.17, 15) is 14.7 Å². The number of carboxylic acid groups (broad SMARTS) is 1. The third-order valence-corrected chi connectivity index (χ3v) is 4.84. The standard InChI is InChI=1S/C23H20N4O3/c28-22(29)15-19(24-23(30)27-21-9-5-4-8-20(21)25-26-27)14-16-10-12-18(13-11-16)17-6-2-1-3-7-17/h1-13,19H,14-15H2,(H,24,30)(H,28,29)/t19-/m1/s1. The van der Waals surface area contributed by atoms with Gasteiger partial charge in [-0.2, -0.15) is 4.68 Å². The third-order valence-electron chi connectivity index (χ3n) is 4.84. The predicted molar refractivity (Wildman–Crippen MR) is 113 cm³/mol. The fourth-order valence-electron chi connectivity index (χ4n) is 3.39. The molecule has 4 rings (SSSR count). The predicted octanol–water partition coefficient (Wildman–Crippen LogP) is 3.74. The number of rotatable bonds is 6. The lowest BCUT2D eigenvalue weighted by atomic mass is 9.99. The van der Waals surface area contributed by atoms with E-state index in [0.717, 1.165) is 21.4 Å². The minimum Gasteiger partial charge on any atom is -0.481 e. The van der Waals surface area contributed by atoms with E-state index in [4.69, 9.17) is 0 Å². The van der Waals surface area contributed by atoms with Crippen LogP contribution in [0.4, 0.5) is 4.79 Å². The van der Waals surface area contributed by atoms with Crippen LogP contribution in [0.25, 0.3) is 22.2 Å². The van der Waals surface area contributed by atoms with Crippen LogP contribution in [0.3, 0.4) is 0 Å². The van der Waals surface area contributed by atoms with Crippen LogP contribution in [0.15, 0.2) is 78.9 Å². The van der Waals surface area contributed by atoms with Crippen molar-refractivity contribution in [1.29, 1.82) is 0 Å². The Hall–Kier alpha value is -4.00. The van der Waals surface area contributed by atoms with Crippen LogP contribution in [0.5, 0.6) is 0 Å². The smallest absolute Gasteiger partial charge is 0.344 e. The zero-order valence-electron chi connectivity index (χ0n) is 16.1. The van der Waals surface area contributed by atoms with Crippen molar-refractivity contribution in [3.63, 3.8) is 0 Å². The molecule has 0 aliphatic heterocycles. The Labute approximate surface area is 173 Å². The number of carboxylic acids is 1. The van der Waals surface area contributed by atoms with Crippen LogP contribution in [-0.2, 0) is 11.2 Å². The van der Waals surface area contributed by atoms with E-state index in [2.05, 4.69) is 15.6 Å². The molecule has 7 heteroatoms. The van der Waals surface area contributed by atoms with Gasteiger partial charge in [-0.1, -0.05) is 71.9 Å². The fraction of sp³-hybridized carbons (Fsp3) is 0.130. The molecule has 7 nitrogen and oxygen atoms in total. The highest BCUT2D eigenvalue weighted by molar-refractivity contribution is 5.88. The molecular formula is C23H20N4O3. The van der Waals surface area contributed by atoms with Crippen molar-refractivity contribution in [3.8, 4) is 11.1 Å². The maximum Gasteiger partial charge on any atom is 0.344 e. The molecule has 0 fully saturated rings. The van der Waals surface area contributed by atoms with E-state index in [1.54, 1.807) is 18.2 Å². The quantitative estimate of drug-likeness (QED) is 0.514. The zero-order valence-corrected chi connectivity index (χ0v) is 16.1. The van der Waals surface area contributed by atoms with Gasteiger partial charge in [0.2, 0.25) is 0 Å². The van der Waals surface area contributed by atoms with Gasteiger partial charge < -0.3 is 10.4 Å². The summed E-state index contributed by atoms with van der Waals surface area (Å²) in [7, 11) is 0. The molecule has 2 N–H and O–H groups in total. The highest BCUT2D eigenvalue weighted by Gasteiger charge is 2.19. The maximum atomic E-state index is 12.7. The van der Waals surface area contributed by atoms with Gasteiger partial charge in [0.15, 0.2) is 0 Å². The summed E-state index contributed by atoms with van der Waals surface area (Å²) in [5.41, 5.74) is 4.28. The van der Waals surface area contributed by atoms with E-state index in [-0.39, 0.29) is 6.42 Å². The average Bonchev–Trinajstić information content (AvgIpc) is 3.19. The summed E-state index contributed by atoms with van der Waals surface area (Å²) in [4.78, 5) is 24.0. The number of hydrogen-bond acceptors (Lipinski definition) is 4. The van der Waals surface area contributed by atoms with Crippen LogP contribution in [0, 0.1) is 0 Å². The largest absolute Gasteiger partial charge is 0.481 e. The number of para-hydroxylation sites is 1. The Balaban J connectivity index is 1.50. The monoisotopic (exact) mass is 400 g/mol. The van der Waals surface area contributed by atoms with Crippen LogP contribution < -0.4 is 5.32 Å². The highest BCUT2D eigenvalue weighted by atomic mass is 16.4. The Kier molecular flexibility index (Phi) is 5.52. The van der Waals surface area contributed by atoms with Crippen molar-refractivity contribution in [2.75, 3.05) is 0 Å². The fourth-order valence-corrected chi connectivity index (χ4v) is 3.39. The zero-order chi connectivity index (χ0) is 20.9. The molecular weight excluding hydrogens is 380 g/mol. The molecule has 4 aromatic rings. The van der Waals surface area contributed by atoms with Gasteiger partial charge >= 0.3 is 12.0 Å². The maximum absolute atomic E-state index is 12.7. The minimum absolute atomic E-state index is 0.196. The average molecular weight is 400 g/mol. The summed E-state index contributed by atoms with van der Waals surface area (Å²) in [6.45, 7) is 0. The van der Waals surface area contributed by atoms with Gasteiger partial charge in [0.05, 0.1) is 11.9 Å². The lowest BCUT2D eigenvalue weighted by Gasteiger charge is -2.17. The molecule has 0 spiro atoms. The molecule has 0 saturated heterocycles. The van der Waals surface area contributed by atoms with Gasteiger partial charge in [0.25, 0.3) is 0 Å². The first kappa shape index (κ1) is 19.3. The second-order valence-electron chi connectivity index (χ2n) is 7.00. The summed E-state index contributed by atoms with van der Waals surface area (Å²) in [6, 6.07) is 23.9. The molecule has 0 radical (unpaired) electrons. The van der Waals surface area contributed by atoms with E-state index in [0.29, 0.717) is 17.5 Å². The third kappa shape index (κ3) is 4.35. The van der Waals surface area contributed by atoms with Crippen LogP contribution in [0.2, 0.25) is 0 Å². The van der Waals surface area contributed by atoms with Gasteiger partial charge in [0, 0.05) is 6.04 Å². The Bertz CT molecular complexity index is 1170. The lowest BCUT2D eigenvalue weighted by Crippen LogP contribution is -2.40. The van der Waals surface area contributed by atoms with Crippen molar-refractivity contribution >= 4 is 23.0 Å². The number of hydrogen-bond donors (Lipinski definition) is 2. The number of fused-ring (bicyclic) bond motifs is 1. The molecule has 1 atom stereocenters. The Morgan fingerprint density at radius 2 is 1.57 bits per heavy atom. The summed E-state index contributed by atoms with van der Waals surface area (Å²) in [5, 5.41) is 19.9. The van der Waals surface area contributed by atoms with Crippen molar-refractivity contribution in [3.05, 3.63) is 84.4 Å². The number of carbonyl (C=O) groups excluding carboxylic acids is 1. The van der Waals surface area contributed by atoms with E-state index in [1.807, 2.05) is 60.7 Å². The first-order valence-electron chi connectivity index (χ1n) is 9.57. The van der Waals surface area contributed by atoms with Crippen LogP contribution in [-0.4, -0.2) is 38.1 Å². The number of amides is 1. The van der Waals surface area contributed by atoms with E-state index in [1.165, 1.54) is 0 Å². The molecule has 0 bridgehead atoms. The molecule has 1 amide bonds. The Morgan fingerprint density at radius 1 is 0.900 bits per heavy atom. The highest BCUT2D eigenvalue weighted by Crippen LogP contribution is 2.20. The van der Waals surface area contributed by atoms with Crippen LogP contribution in [0.1, 0.15) is 12.0 Å². The number of aromatic nitrogens is 3. The van der Waals surface area contributed by atoms with Crippen molar-refractivity contribution in [1.82, 2.24) is 20.3 Å². The summed E-state index contributed by atoms with van der Waals surface area (Å²) in [5.74, 6) is -0.982.